The maximum atomic E-state index is 12.2. The molecule has 1 saturated heterocycles. The van der Waals surface area contributed by atoms with Gasteiger partial charge >= 0.3 is 0 Å². The summed E-state index contributed by atoms with van der Waals surface area (Å²) in [7, 11) is -6.83. The summed E-state index contributed by atoms with van der Waals surface area (Å²) >= 11 is 0. The number of sulfonamides is 2. The van der Waals surface area contributed by atoms with Gasteiger partial charge < -0.3 is 0 Å². The minimum absolute atomic E-state index is 0.143. The minimum Gasteiger partial charge on any atom is -0.270 e. The Hall–Kier alpha value is -1.12. The minimum atomic E-state index is -3.55. The van der Waals surface area contributed by atoms with Crippen LogP contribution in [0.15, 0.2) is 23.1 Å². The number of nitrogens with zero attached hydrogens (tertiary/aromatic N) is 1. The topological polar surface area (TPSA) is 83.6 Å². The molecule has 8 heteroatoms. The molecule has 0 spiro atoms. The van der Waals surface area contributed by atoms with E-state index in [2.05, 4.69) is 4.72 Å². The van der Waals surface area contributed by atoms with E-state index in [1.807, 2.05) is 6.92 Å². The lowest BCUT2D eigenvalue weighted by atomic mass is 10.2. The van der Waals surface area contributed by atoms with E-state index >= 15 is 0 Å². The Morgan fingerprint density at radius 3 is 2.59 bits per heavy atom. The molecular weight excluding hydrogens is 324 g/mol. The number of nitrogens with one attached hydrogen (secondary N) is 1. The maximum Gasteiger partial charge on any atom is 0.240 e. The number of benzene rings is 1. The maximum absolute atomic E-state index is 12.2. The van der Waals surface area contributed by atoms with Gasteiger partial charge in [-0.15, -0.1) is 0 Å². The molecule has 0 aliphatic carbocycles. The molecule has 1 aromatic carbocycles. The highest BCUT2D eigenvalue weighted by atomic mass is 32.2. The Balaban J connectivity index is 2.34. The molecule has 0 bridgehead atoms. The summed E-state index contributed by atoms with van der Waals surface area (Å²) in [4.78, 5) is 0.194. The Kier molecular flexibility index (Phi) is 5.14. The van der Waals surface area contributed by atoms with Crippen LogP contribution in [0.25, 0.3) is 0 Å². The summed E-state index contributed by atoms with van der Waals surface area (Å²) in [6, 6.07) is 4.67. The van der Waals surface area contributed by atoms with Crippen LogP contribution < -0.4 is 9.03 Å². The molecule has 124 valence electrons. The van der Waals surface area contributed by atoms with Gasteiger partial charge in [0.05, 0.1) is 16.3 Å². The van der Waals surface area contributed by atoms with Crippen LogP contribution in [0.2, 0.25) is 0 Å². The highest BCUT2D eigenvalue weighted by Crippen LogP contribution is 2.27. The second-order valence-corrected chi connectivity index (χ2v) is 9.19. The Bertz CT molecular complexity index is 742. The second kappa shape index (κ2) is 6.55. The van der Waals surface area contributed by atoms with Crippen molar-refractivity contribution < 1.29 is 16.8 Å². The van der Waals surface area contributed by atoms with Crippen molar-refractivity contribution in [3.05, 3.63) is 23.8 Å². The van der Waals surface area contributed by atoms with Crippen LogP contribution in [0, 0.1) is 6.92 Å². The van der Waals surface area contributed by atoms with Gasteiger partial charge in [0.1, 0.15) is 0 Å². The average Bonchev–Trinajstić information content (AvgIpc) is 2.44. The molecule has 0 unspecified atom stereocenters. The van der Waals surface area contributed by atoms with E-state index in [1.54, 1.807) is 19.1 Å². The van der Waals surface area contributed by atoms with Crippen molar-refractivity contribution in [3.8, 4) is 0 Å². The summed E-state index contributed by atoms with van der Waals surface area (Å²) in [5.74, 6) is 0.143. The zero-order chi connectivity index (χ0) is 16.4. The highest BCUT2D eigenvalue weighted by Gasteiger charge is 2.27. The van der Waals surface area contributed by atoms with Crippen molar-refractivity contribution >= 4 is 25.7 Å². The fourth-order valence-electron chi connectivity index (χ4n) is 2.48. The normalized spacial score (nSPS) is 18.4. The van der Waals surface area contributed by atoms with Crippen molar-refractivity contribution in [2.75, 3.05) is 23.1 Å². The highest BCUT2D eigenvalue weighted by molar-refractivity contribution is 7.92. The molecule has 0 aromatic heterocycles. The molecule has 1 aliphatic rings. The molecule has 6 nitrogen and oxygen atoms in total. The predicted octanol–water partition coefficient (Wildman–Crippen LogP) is 1.61. The summed E-state index contributed by atoms with van der Waals surface area (Å²) in [5, 5.41) is 0. The molecule has 1 aromatic rings. The molecule has 1 fully saturated rings. The molecular formula is C14H22N2O4S2. The van der Waals surface area contributed by atoms with E-state index in [9.17, 15) is 16.8 Å². The molecule has 1 heterocycles. The lowest BCUT2D eigenvalue weighted by Crippen LogP contribution is -2.37. The Morgan fingerprint density at radius 1 is 1.27 bits per heavy atom. The van der Waals surface area contributed by atoms with Crippen LogP contribution in [0.3, 0.4) is 0 Å². The van der Waals surface area contributed by atoms with E-state index < -0.39 is 20.0 Å². The van der Waals surface area contributed by atoms with Crippen LogP contribution in [-0.2, 0) is 20.0 Å². The predicted molar refractivity (Wildman–Crippen MR) is 87.0 cm³/mol. The van der Waals surface area contributed by atoms with Gasteiger partial charge in [-0.1, -0.05) is 6.92 Å². The molecule has 0 atom stereocenters. The summed E-state index contributed by atoms with van der Waals surface area (Å²) in [6.07, 6.45) is 2.20. The molecule has 1 N–H and O–H groups in total. The Labute approximate surface area is 132 Å². The molecule has 2 rings (SSSR count). The van der Waals surface area contributed by atoms with E-state index in [-0.39, 0.29) is 10.6 Å². The fourth-order valence-corrected chi connectivity index (χ4v) is 5.47. The third-order valence-electron chi connectivity index (χ3n) is 3.63. The van der Waals surface area contributed by atoms with Gasteiger partial charge in [0.15, 0.2) is 0 Å². The lowest BCUT2D eigenvalue weighted by molar-refractivity contribution is 0.574. The molecule has 0 saturated carbocycles. The summed E-state index contributed by atoms with van der Waals surface area (Å²) in [6.45, 7) is 4.40. The van der Waals surface area contributed by atoms with Gasteiger partial charge in [-0.05, 0) is 49.9 Å². The summed E-state index contributed by atoms with van der Waals surface area (Å²) in [5.41, 5.74) is 1.08. The van der Waals surface area contributed by atoms with Crippen molar-refractivity contribution in [1.29, 1.82) is 0 Å². The quantitative estimate of drug-likeness (QED) is 0.878. The zero-order valence-electron chi connectivity index (χ0n) is 12.9. The van der Waals surface area contributed by atoms with Crippen LogP contribution in [0.5, 0.6) is 0 Å². The number of hydrogen-bond donors (Lipinski definition) is 1. The third-order valence-corrected chi connectivity index (χ3v) is 7.12. The molecule has 0 amide bonds. The first-order valence-electron chi connectivity index (χ1n) is 7.38. The lowest BCUT2D eigenvalue weighted by Gasteiger charge is -2.28. The van der Waals surface area contributed by atoms with Gasteiger partial charge in [0.2, 0.25) is 20.0 Å². The van der Waals surface area contributed by atoms with Crippen LogP contribution >= 0.6 is 0 Å². The Morgan fingerprint density at radius 2 is 2.00 bits per heavy atom. The third kappa shape index (κ3) is 3.61. The number of rotatable bonds is 5. The smallest absolute Gasteiger partial charge is 0.240 e. The average molecular weight is 346 g/mol. The fraction of sp³-hybridized carbons (Fsp3) is 0.571. The van der Waals surface area contributed by atoms with E-state index in [0.717, 1.165) is 6.42 Å². The number of anilines is 1. The van der Waals surface area contributed by atoms with Crippen molar-refractivity contribution in [2.45, 2.75) is 38.0 Å². The van der Waals surface area contributed by atoms with Crippen molar-refractivity contribution in [3.63, 3.8) is 0 Å². The SMILES string of the molecule is CCCNS(=O)(=O)c1ccc(N2CCCCS2(=O)=O)cc1C. The summed E-state index contributed by atoms with van der Waals surface area (Å²) < 4.78 is 52.5. The monoisotopic (exact) mass is 346 g/mol. The van der Waals surface area contributed by atoms with E-state index in [0.29, 0.717) is 37.2 Å². The first kappa shape index (κ1) is 17.2. The van der Waals surface area contributed by atoms with Crippen LogP contribution in [0.4, 0.5) is 5.69 Å². The first-order valence-corrected chi connectivity index (χ1v) is 10.5. The van der Waals surface area contributed by atoms with Crippen LogP contribution in [-0.4, -0.2) is 35.7 Å². The van der Waals surface area contributed by atoms with Crippen molar-refractivity contribution in [2.24, 2.45) is 0 Å². The van der Waals surface area contributed by atoms with Crippen LogP contribution in [0.1, 0.15) is 31.7 Å². The second-order valence-electron chi connectivity index (χ2n) is 5.44. The number of aryl methyl sites for hydroxylation is 1. The van der Waals surface area contributed by atoms with Gasteiger partial charge in [-0.2, -0.15) is 0 Å². The van der Waals surface area contributed by atoms with Gasteiger partial charge in [-0.25, -0.2) is 21.6 Å². The van der Waals surface area contributed by atoms with Gasteiger partial charge in [-0.3, -0.25) is 4.31 Å². The molecule has 0 radical (unpaired) electrons. The molecule has 22 heavy (non-hydrogen) atoms. The number of hydrogen-bond acceptors (Lipinski definition) is 4. The van der Waals surface area contributed by atoms with Crippen molar-refractivity contribution in [1.82, 2.24) is 4.72 Å². The van der Waals surface area contributed by atoms with E-state index in [4.69, 9.17) is 0 Å². The first-order chi connectivity index (χ1) is 10.3. The van der Waals surface area contributed by atoms with Gasteiger partial charge in [0, 0.05) is 13.1 Å². The molecule has 1 aliphatic heterocycles. The van der Waals surface area contributed by atoms with E-state index in [1.165, 1.54) is 10.4 Å². The largest absolute Gasteiger partial charge is 0.270 e. The van der Waals surface area contributed by atoms with Gasteiger partial charge in [0.25, 0.3) is 0 Å². The standard InChI is InChI=1S/C14H22N2O4S2/c1-3-8-15-22(19,20)14-7-6-13(11-12(14)2)16-9-4-5-10-21(16,17)18/h6-7,11,15H,3-5,8-10H2,1-2H3. The zero-order valence-corrected chi connectivity index (χ0v) is 14.5.